The number of methoxy groups -OCH3 is 1. The van der Waals surface area contributed by atoms with Gasteiger partial charge in [-0.2, -0.15) is 0 Å². The highest BCUT2D eigenvalue weighted by atomic mass is 16.5. The maximum Gasteiger partial charge on any atom is 0.319 e. The molecule has 16 heavy (non-hydrogen) atoms. The first-order valence-electron chi connectivity index (χ1n) is 5.05. The third-order valence-electron chi connectivity index (χ3n) is 2.01. The van der Waals surface area contributed by atoms with Crippen LogP contribution in [-0.2, 0) is 6.54 Å². The van der Waals surface area contributed by atoms with E-state index in [1.807, 2.05) is 31.2 Å². The van der Waals surface area contributed by atoms with Gasteiger partial charge in [-0.15, -0.1) is 0 Å². The molecule has 0 radical (unpaired) electrons. The lowest BCUT2D eigenvalue weighted by Gasteiger charge is -2.08. The number of amides is 2. The number of hydrogen-bond acceptors (Lipinski definition) is 2. The second kappa shape index (κ2) is 6.50. The van der Waals surface area contributed by atoms with Crippen molar-refractivity contribution in [3.05, 3.63) is 42.1 Å². The number of hydrogen-bond donors (Lipinski definition) is 2. The quantitative estimate of drug-likeness (QED) is 0.815. The summed E-state index contributed by atoms with van der Waals surface area (Å²) in [5.74, 6) is 0.772. The number of para-hydroxylation sites is 1. The summed E-state index contributed by atoms with van der Waals surface area (Å²) in [5.41, 5.74) is 0.945. The fourth-order valence-electron chi connectivity index (χ4n) is 1.23. The van der Waals surface area contributed by atoms with Gasteiger partial charge >= 0.3 is 6.03 Å². The van der Waals surface area contributed by atoms with Crippen LogP contribution in [0.3, 0.4) is 0 Å². The highest BCUT2D eigenvalue weighted by molar-refractivity contribution is 5.74. The minimum Gasteiger partial charge on any atom is -0.496 e. The number of urea groups is 1. The van der Waals surface area contributed by atoms with Gasteiger partial charge in [0.25, 0.3) is 0 Å². The molecule has 1 aromatic carbocycles. The van der Waals surface area contributed by atoms with Gasteiger partial charge in [0.2, 0.25) is 0 Å². The van der Waals surface area contributed by atoms with E-state index in [0.29, 0.717) is 6.54 Å². The summed E-state index contributed by atoms with van der Waals surface area (Å²) in [6, 6.07) is 7.34. The first kappa shape index (κ1) is 12.1. The Morgan fingerprint density at radius 2 is 2.19 bits per heavy atom. The van der Waals surface area contributed by atoms with Gasteiger partial charge in [0.05, 0.1) is 7.11 Å². The standard InChI is InChI=1S/C12H16N2O2/c1-3-8-13-12(15)14-9-10-6-4-5-7-11(10)16-2/h3-8H,9H2,1-2H3,(H2,13,14,15)/b8-3+. The Hall–Kier alpha value is -1.97. The molecule has 0 unspecified atom stereocenters. The van der Waals surface area contributed by atoms with Crippen molar-refractivity contribution in [2.45, 2.75) is 13.5 Å². The SMILES string of the molecule is C/C=C/NC(=O)NCc1ccccc1OC. The Labute approximate surface area is 95.3 Å². The van der Waals surface area contributed by atoms with Crippen LogP contribution in [0.4, 0.5) is 4.79 Å². The molecule has 2 amide bonds. The molecule has 0 heterocycles. The Kier molecular flexibility index (Phi) is 4.92. The third kappa shape index (κ3) is 3.65. The first-order valence-corrected chi connectivity index (χ1v) is 5.05. The number of rotatable bonds is 4. The highest BCUT2D eigenvalue weighted by Crippen LogP contribution is 2.16. The monoisotopic (exact) mass is 220 g/mol. The second-order valence-electron chi connectivity index (χ2n) is 3.14. The topological polar surface area (TPSA) is 50.4 Å². The molecule has 86 valence electrons. The van der Waals surface area contributed by atoms with Crippen LogP contribution in [0.2, 0.25) is 0 Å². The summed E-state index contributed by atoms with van der Waals surface area (Å²) in [7, 11) is 1.61. The lowest BCUT2D eigenvalue weighted by molar-refractivity contribution is 0.243. The molecule has 0 aliphatic heterocycles. The van der Waals surface area contributed by atoms with Crippen LogP contribution in [0, 0.1) is 0 Å². The lowest BCUT2D eigenvalue weighted by atomic mass is 10.2. The number of ether oxygens (including phenoxy) is 1. The lowest BCUT2D eigenvalue weighted by Crippen LogP contribution is -2.31. The maximum absolute atomic E-state index is 11.3. The van der Waals surface area contributed by atoms with Gasteiger partial charge in [0.1, 0.15) is 5.75 Å². The van der Waals surface area contributed by atoms with Crippen LogP contribution >= 0.6 is 0 Å². The van der Waals surface area contributed by atoms with Gasteiger partial charge in [-0.05, 0) is 13.0 Å². The zero-order valence-electron chi connectivity index (χ0n) is 9.49. The van der Waals surface area contributed by atoms with Crippen molar-refractivity contribution in [1.82, 2.24) is 10.6 Å². The van der Waals surface area contributed by atoms with E-state index in [4.69, 9.17) is 4.74 Å². The molecule has 0 atom stereocenters. The van der Waals surface area contributed by atoms with E-state index in [1.165, 1.54) is 0 Å². The summed E-state index contributed by atoms with van der Waals surface area (Å²) in [5, 5.41) is 5.30. The minimum absolute atomic E-state index is 0.232. The summed E-state index contributed by atoms with van der Waals surface area (Å²) in [6.07, 6.45) is 3.33. The van der Waals surface area contributed by atoms with Crippen molar-refractivity contribution in [1.29, 1.82) is 0 Å². The average Bonchev–Trinajstić information content (AvgIpc) is 2.34. The van der Waals surface area contributed by atoms with Crippen LogP contribution in [0.25, 0.3) is 0 Å². The normalized spacial score (nSPS) is 10.1. The molecule has 0 bridgehead atoms. The number of allylic oxidation sites excluding steroid dienone is 1. The van der Waals surface area contributed by atoms with Gasteiger partial charge in [-0.25, -0.2) is 4.79 Å². The first-order chi connectivity index (χ1) is 7.77. The predicted octanol–water partition coefficient (Wildman–Crippen LogP) is 2.03. The molecule has 1 aromatic rings. The molecule has 0 fully saturated rings. The molecule has 4 heteroatoms. The van der Waals surface area contributed by atoms with Crippen molar-refractivity contribution < 1.29 is 9.53 Å². The number of carbonyl (C=O) groups excluding carboxylic acids is 1. The van der Waals surface area contributed by atoms with Crippen LogP contribution in [0.5, 0.6) is 5.75 Å². The van der Waals surface area contributed by atoms with Crippen LogP contribution in [0.1, 0.15) is 12.5 Å². The van der Waals surface area contributed by atoms with Crippen molar-refractivity contribution >= 4 is 6.03 Å². The van der Waals surface area contributed by atoms with Crippen molar-refractivity contribution in [2.75, 3.05) is 7.11 Å². The van der Waals surface area contributed by atoms with Crippen molar-refractivity contribution in [2.24, 2.45) is 0 Å². The molecule has 4 nitrogen and oxygen atoms in total. The van der Waals surface area contributed by atoms with E-state index >= 15 is 0 Å². The van der Waals surface area contributed by atoms with Crippen molar-refractivity contribution in [3.63, 3.8) is 0 Å². The van der Waals surface area contributed by atoms with E-state index in [0.717, 1.165) is 11.3 Å². The van der Waals surface area contributed by atoms with Gasteiger partial charge in [-0.3, -0.25) is 0 Å². The number of benzene rings is 1. The molecule has 0 aliphatic carbocycles. The molecule has 0 spiro atoms. The molecule has 0 aliphatic rings. The smallest absolute Gasteiger partial charge is 0.319 e. The van der Waals surface area contributed by atoms with E-state index in [-0.39, 0.29) is 6.03 Å². The Bertz CT molecular complexity index is 375. The Balaban J connectivity index is 2.50. The number of nitrogens with one attached hydrogen (secondary N) is 2. The second-order valence-corrected chi connectivity index (χ2v) is 3.14. The summed E-state index contributed by atoms with van der Waals surface area (Å²) in [4.78, 5) is 11.3. The number of carbonyl (C=O) groups is 1. The molecule has 0 aromatic heterocycles. The largest absolute Gasteiger partial charge is 0.496 e. The fraction of sp³-hybridized carbons (Fsp3) is 0.250. The molecule has 1 rings (SSSR count). The van der Waals surface area contributed by atoms with Crippen LogP contribution in [-0.4, -0.2) is 13.1 Å². The van der Waals surface area contributed by atoms with Crippen LogP contribution in [0.15, 0.2) is 36.5 Å². The zero-order valence-corrected chi connectivity index (χ0v) is 9.49. The molecule has 2 N–H and O–H groups in total. The Morgan fingerprint density at radius 1 is 1.44 bits per heavy atom. The van der Waals surface area contributed by atoms with E-state index < -0.39 is 0 Å². The van der Waals surface area contributed by atoms with Gasteiger partial charge in [-0.1, -0.05) is 24.3 Å². The zero-order chi connectivity index (χ0) is 11.8. The van der Waals surface area contributed by atoms with Gasteiger partial charge in [0.15, 0.2) is 0 Å². The average molecular weight is 220 g/mol. The molecule has 0 saturated heterocycles. The van der Waals surface area contributed by atoms with E-state index in [2.05, 4.69) is 10.6 Å². The molecule has 0 saturated carbocycles. The van der Waals surface area contributed by atoms with E-state index in [1.54, 1.807) is 19.4 Å². The van der Waals surface area contributed by atoms with E-state index in [9.17, 15) is 4.79 Å². The van der Waals surface area contributed by atoms with Crippen LogP contribution < -0.4 is 15.4 Å². The van der Waals surface area contributed by atoms with Gasteiger partial charge in [0, 0.05) is 18.3 Å². The summed E-state index contributed by atoms with van der Waals surface area (Å²) in [6.45, 7) is 2.27. The summed E-state index contributed by atoms with van der Waals surface area (Å²) >= 11 is 0. The third-order valence-corrected chi connectivity index (χ3v) is 2.01. The van der Waals surface area contributed by atoms with Crippen molar-refractivity contribution in [3.8, 4) is 5.75 Å². The minimum atomic E-state index is -0.232. The fourth-order valence-corrected chi connectivity index (χ4v) is 1.23. The molecular weight excluding hydrogens is 204 g/mol. The molecular formula is C12H16N2O2. The maximum atomic E-state index is 11.3. The summed E-state index contributed by atoms with van der Waals surface area (Å²) < 4.78 is 5.17. The highest BCUT2D eigenvalue weighted by Gasteiger charge is 2.02. The van der Waals surface area contributed by atoms with Gasteiger partial charge < -0.3 is 15.4 Å². The Morgan fingerprint density at radius 3 is 2.88 bits per heavy atom. The predicted molar refractivity (Wildman–Crippen MR) is 63.2 cm³/mol.